The van der Waals surface area contributed by atoms with Crippen molar-refractivity contribution in [1.29, 1.82) is 0 Å². The van der Waals surface area contributed by atoms with Crippen molar-refractivity contribution in [1.82, 2.24) is 4.89 Å². The van der Waals surface area contributed by atoms with Gasteiger partial charge in [0, 0.05) is 0 Å². The van der Waals surface area contributed by atoms with Gasteiger partial charge in [-0.3, -0.25) is 4.84 Å². The molecule has 0 aliphatic heterocycles. The van der Waals surface area contributed by atoms with Crippen molar-refractivity contribution in [2.45, 2.75) is 58.3 Å². The number of rotatable bonds is 10. The second-order valence-corrected chi connectivity index (χ2v) is 3.60. The molecule has 0 saturated heterocycles. The average Bonchev–Trinajstić information content (AvgIpc) is 2.16. The maximum Gasteiger partial charge on any atom is 0.0693 e. The van der Waals surface area contributed by atoms with E-state index in [0.29, 0.717) is 0 Å². The van der Waals surface area contributed by atoms with E-state index in [-0.39, 0.29) is 0 Å². The molecule has 0 amide bonds. The molecule has 0 aromatic rings. The minimum Gasteiger partial charge on any atom is -0.291 e. The lowest BCUT2D eigenvalue weighted by atomic mass is 10.1. The Kier molecular flexibility index (Phi) is 12.5. The molecule has 0 heterocycles. The van der Waals surface area contributed by atoms with E-state index in [2.05, 4.69) is 24.6 Å². The van der Waals surface area contributed by atoms with Crippen molar-refractivity contribution >= 4 is 12.8 Å². The number of hydrogen-bond donors (Lipinski definition) is 2. The van der Waals surface area contributed by atoms with Crippen LogP contribution in [0.4, 0.5) is 0 Å². The first-order chi connectivity index (χ1) is 6.41. The smallest absolute Gasteiger partial charge is 0.0693 e. The van der Waals surface area contributed by atoms with E-state index in [4.69, 9.17) is 4.84 Å². The summed E-state index contributed by atoms with van der Waals surface area (Å²) in [6, 6.07) is 0. The normalized spacial score (nSPS) is 10.6. The highest BCUT2D eigenvalue weighted by molar-refractivity contribution is 7.77. The molecular formula is C10H23NOS. The summed E-state index contributed by atoms with van der Waals surface area (Å²) in [7, 11) is 0. The fourth-order valence-electron chi connectivity index (χ4n) is 1.35. The van der Waals surface area contributed by atoms with Crippen LogP contribution >= 0.6 is 12.8 Å². The fourth-order valence-corrected chi connectivity index (χ4v) is 1.45. The molecule has 0 aliphatic rings. The Bertz CT molecular complexity index is 81.0. The molecule has 0 aromatic carbocycles. The minimum absolute atomic E-state index is 0.776. The van der Waals surface area contributed by atoms with Crippen molar-refractivity contribution in [3.05, 3.63) is 0 Å². The van der Waals surface area contributed by atoms with E-state index in [1.54, 1.807) is 0 Å². The summed E-state index contributed by atoms with van der Waals surface area (Å²) in [4.78, 5) is 7.27. The van der Waals surface area contributed by atoms with E-state index < -0.39 is 0 Å². The quantitative estimate of drug-likeness (QED) is 0.323. The summed E-state index contributed by atoms with van der Waals surface area (Å²) in [5, 5.41) is 0. The zero-order chi connectivity index (χ0) is 9.78. The van der Waals surface area contributed by atoms with Crippen molar-refractivity contribution in [2.24, 2.45) is 0 Å². The highest BCUT2D eigenvalue weighted by atomic mass is 32.1. The molecule has 80 valence electrons. The van der Waals surface area contributed by atoms with Gasteiger partial charge >= 0.3 is 0 Å². The van der Waals surface area contributed by atoms with Crippen LogP contribution in [0, 0.1) is 0 Å². The van der Waals surface area contributed by atoms with Crippen LogP contribution in [0.15, 0.2) is 0 Å². The van der Waals surface area contributed by atoms with Gasteiger partial charge in [-0.25, -0.2) is 0 Å². The van der Waals surface area contributed by atoms with Crippen molar-refractivity contribution in [3.8, 4) is 0 Å². The molecule has 3 heteroatoms. The summed E-state index contributed by atoms with van der Waals surface area (Å²) in [5.41, 5.74) is 0. The number of hydrogen-bond acceptors (Lipinski definition) is 3. The molecule has 0 atom stereocenters. The third-order valence-corrected chi connectivity index (χ3v) is 2.29. The Morgan fingerprint density at radius 2 is 1.46 bits per heavy atom. The summed E-state index contributed by atoms with van der Waals surface area (Å²) < 4.78 is 0. The molecule has 0 saturated carbocycles. The molecular weight excluding hydrogens is 182 g/mol. The van der Waals surface area contributed by atoms with Gasteiger partial charge in [0.2, 0.25) is 0 Å². The molecule has 0 radical (unpaired) electrons. The van der Waals surface area contributed by atoms with Crippen LogP contribution in [0.2, 0.25) is 0 Å². The Morgan fingerprint density at radius 1 is 0.923 bits per heavy atom. The number of thiol groups is 1. The SMILES string of the molecule is CCCCCCCCCCONS. The van der Waals surface area contributed by atoms with Crippen LogP contribution in [0.25, 0.3) is 0 Å². The fraction of sp³-hybridized carbons (Fsp3) is 1.00. The van der Waals surface area contributed by atoms with Crippen LogP contribution in [0.5, 0.6) is 0 Å². The largest absolute Gasteiger partial charge is 0.291 e. The van der Waals surface area contributed by atoms with Gasteiger partial charge in [-0.2, -0.15) is 0 Å². The monoisotopic (exact) mass is 205 g/mol. The molecule has 0 rings (SSSR count). The number of unbranched alkanes of at least 4 members (excludes halogenated alkanes) is 7. The third-order valence-electron chi connectivity index (χ3n) is 2.16. The maximum absolute atomic E-state index is 4.89. The molecule has 1 N–H and O–H groups in total. The zero-order valence-electron chi connectivity index (χ0n) is 8.72. The Balaban J connectivity index is 2.76. The first-order valence-corrected chi connectivity index (χ1v) is 5.87. The van der Waals surface area contributed by atoms with E-state index in [1.807, 2.05) is 0 Å². The topological polar surface area (TPSA) is 21.3 Å². The molecule has 0 spiro atoms. The van der Waals surface area contributed by atoms with Gasteiger partial charge in [0.25, 0.3) is 0 Å². The lowest BCUT2D eigenvalue weighted by Gasteiger charge is -2.01. The Hall–Kier alpha value is 0.270. The van der Waals surface area contributed by atoms with E-state index in [0.717, 1.165) is 13.0 Å². The highest BCUT2D eigenvalue weighted by Gasteiger charge is 1.91. The highest BCUT2D eigenvalue weighted by Crippen LogP contribution is 2.07. The third kappa shape index (κ3) is 12.3. The predicted molar refractivity (Wildman–Crippen MR) is 60.7 cm³/mol. The second kappa shape index (κ2) is 12.3. The minimum atomic E-state index is 0.776. The standard InChI is InChI=1S/C10H23NOS/c1-2-3-4-5-6-7-8-9-10-12-11-13/h11,13H,2-10H2,1H3. The molecule has 0 bridgehead atoms. The lowest BCUT2D eigenvalue weighted by molar-refractivity contribution is 0.0987. The summed E-state index contributed by atoms with van der Waals surface area (Å²) in [6.07, 6.45) is 10.7. The van der Waals surface area contributed by atoms with Gasteiger partial charge in [-0.05, 0) is 6.42 Å². The van der Waals surface area contributed by atoms with E-state index in [9.17, 15) is 0 Å². The van der Waals surface area contributed by atoms with Gasteiger partial charge in [0.05, 0.1) is 6.61 Å². The van der Waals surface area contributed by atoms with Gasteiger partial charge < -0.3 is 0 Å². The van der Waals surface area contributed by atoms with Crippen LogP contribution in [-0.2, 0) is 4.84 Å². The van der Waals surface area contributed by atoms with Gasteiger partial charge in [0.1, 0.15) is 0 Å². The van der Waals surface area contributed by atoms with Crippen molar-refractivity contribution in [3.63, 3.8) is 0 Å². The van der Waals surface area contributed by atoms with Crippen molar-refractivity contribution in [2.75, 3.05) is 6.61 Å². The van der Waals surface area contributed by atoms with Gasteiger partial charge in [-0.1, -0.05) is 64.7 Å². The summed E-state index contributed by atoms with van der Waals surface area (Å²) in [6.45, 7) is 3.03. The molecule has 0 aliphatic carbocycles. The van der Waals surface area contributed by atoms with E-state index in [1.165, 1.54) is 44.9 Å². The van der Waals surface area contributed by atoms with Gasteiger partial charge in [0.15, 0.2) is 0 Å². The molecule has 0 unspecified atom stereocenters. The second-order valence-electron chi connectivity index (χ2n) is 3.41. The first-order valence-electron chi connectivity index (χ1n) is 5.42. The Labute approximate surface area is 87.9 Å². The molecule has 13 heavy (non-hydrogen) atoms. The van der Waals surface area contributed by atoms with Crippen LogP contribution in [-0.4, -0.2) is 6.61 Å². The zero-order valence-corrected chi connectivity index (χ0v) is 9.61. The predicted octanol–water partition coefficient (Wildman–Crippen LogP) is 3.49. The molecule has 2 nitrogen and oxygen atoms in total. The van der Waals surface area contributed by atoms with Crippen LogP contribution < -0.4 is 4.89 Å². The summed E-state index contributed by atoms with van der Waals surface area (Å²) >= 11 is 3.73. The maximum atomic E-state index is 4.89. The lowest BCUT2D eigenvalue weighted by Crippen LogP contribution is -2.02. The first kappa shape index (κ1) is 13.3. The summed E-state index contributed by atoms with van der Waals surface area (Å²) in [5.74, 6) is 0. The van der Waals surface area contributed by atoms with E-state index >= 15 is 0 Å². The van der Waals surface area contributed by atoms with Crippen LogP contribution in [0.3, 0.4) is 0 Å². The van der Waals surface area contributed by atoms with Crippen LogP contribution in [0.1, 0.15) is 58.3 Å². The van der Waals surface area contributed by atoms with Gasteiger partial charge in [-0.15, -0.1) is 4.89 Å². The molecule has 0 aromatic heterocycles. The Morgan fingerprint density at radius 3 is 2.00 bits per heavy atom. The average molecular weight is 205 g/mol. The molecule has 0 fully saturated rings. The number of nitrogens with one attached hydrogen (secondary N) is 1. The van der Waals surface area contributed by atoms with Crippen molar-refractivity contribution < 1.29 is 4.84 Å².